The molecular formula is C38H53N3O3. The SMILES string of the molecule is CC=O.Cc1cccc(C)c1.Cc1cn(CCCN2CCN(CCCOc3ccccc3)CC2)c2c(OC(C)C)cccc12. The number of fused-ring (bicyclic) bond motifs is 1. The Bertz CT molecular complexity index is 1360. The first kappa shape index (κ1) is 34.9. The van der Waals surface area contributed by atoms with Gasteiger partial charge in [-0.1, -0.05) is 65.7 Å². The van der Waals surface area contributed by atoms with Crippen LogP contribution in [0.2, 0.25) is 0 Å². The molecule has 1 fully saturated rings. The summed E-state index contributed by atoms with van der Waals surface area (Å²) in [6, 6.07) is 25.0. The summed E-state index contributed by atoms with van der Waals surface area (Å²) < 4.78 is 14.3. The summed E-state index contributed by atoms with van der Waals surface area (Å²) in [5, 5.41) is 1.30. The number of rotatable bonds is 11. The number of aryl methyl sites for hydroxylation is 4. The lowest BCUT2D eigenvalue weighted by atomic mass is 10.2. The zero-order valence-corrected chi connectivity index (χ0v) is 27.8. The Morgan fingerprint density at radius 3 is 1.93 bits per heavy atom. The number of carbonyl (C=O) groups is 1. The fraction of sp³-hybridized carbons (Fsp3) is 0.447. The molecule has 0 saturated carbocycles. The van der Waals surface area contributed by atoms with E-state index in [2.05, 4.69) is 97.6 Å². The van der Waals surface area contributed by atoms with Crippen LogP contribution in [-0.2, 0) is 11.3 Å². The number of benzene rings is 3. The van der Waals surface area contributed by atoms with Gasteiger partial charge in [-0.3, -0.25) is 0 Å². The number of aromatic nitrogens is 1. The van der Waals surface area contributed by atoms with Crippen LogP contribution >= 0.6 is 0 Å². The Hall–Kier alpha value is -3.61. The van der Waals surface area contributed by atoms with Gasteiger partial charge in [-0.2, -0.15) is 0 Å². The van der Waals surface area contributed by atoms with Gasteiger partial charge in [-0.15, -0.1) is 0 Å². The first-order valence-electron chi connectivity index (χ1n) is 16.1. The maximum Gasteiger partial charge on any atom is 0.143 e. The van der Waals surface area contributed by atoms with Gasteiger partial charge in [0.25, 0.3) is 0 Å². The molecule has 0 bridgehead atoms. The Morgan fingerprint density at radius 2 is 1.36 bits per heavy atom. The van der Waals surface area contributed by atoms with E-state index in [9.17, 15) is 0 Å². The second kappa shape index (κ2) is 18.9. The third kappa shape index (κ3) is 11.8. The van der Waals surface area contributed by atoms with Gasteiger partial charge in [-0.05, 0) is 84.7 Å². The van der Waals surface area contributed by atoms with Crippen molar-refractivity contribution in [1.82, 2.24) is 14.4 Å². The van der Waals surface area contributed by atoms with Crippen molar-refractivity contribution in [3.63, 3.8) is 0 Å². The highest BCUT2D eigenvalue weighted by atomic mass is 16.5. The van der Waals surface area contributed by atoms with Crippen LogP contribution in [0, 0.1) is 20.8 Å². The normalized spacial score (nSPS) is 13.5. The van der Waals surface area contributed by atoms with Crippen LogP contribution in [0.3, 0.4) is 0 Å². The van der Waals surface area contributed by atoms with E-state index in [1.165, 1.54) is 34.5 Å². The summed E-state index contributed by atoms with van der Waals surface area (Å²) >= 11 is 0. The van der Waals surface area contributed by atoms with Crippen molar-refractivity contribution in [3.8, 4) is 11.5 Å². The largest absolute Gasteiger partial charge is 0.494 e. The topological polar surface area (TPSA) is 46.9 Å². The number of piperazine rings is 1. The van der Waals surface area contributed by atoms with E-state index in [1.54, 1.807) is 0 Å². The van der Waals surface area contributed by atoms with Crippen LogP contribution in [0.1, 0.15) is 50.3 Å². The molecule has 6 heteroatoms. The predicted molar refractivity (Wildman–Crippen MR) is 184 cm³/mol. The monoisotopic (exact) mass is 599 g/mol. The number of hydrogen-bond donors (Lipinski definition) is 0. The molecule has 0 spiro atoms. The second-order valence-electron chi connectivity index (χ2n) is 11.8. The van der Waals surface area contributed by atoms with Crippen LogP contribution in [0.25, 0.3) is 10.9 Å². The number of hydrogen-bond acceptors (Lipinski definition) is 5. The smallest absolute Gasteiger partial charge is 0.143 e. The fourth-order valence-corrected chi connectivity index (χ4v) is 5.53. The quantitative estimate of drug-likeness (QED) is 0.130. The molecule has 1 aliphatic heterocycles. The molecule has 0 atom stereocenters. The molecule has 1 saturated heterocycles. The summed E-state index contributed by atoms with van der Waals surface area (Å²) in [6.45, 7) is 20.7. The highest BCUT2D eigenvalue weighted by Gasteiger charge is 2.17. The number of aldehydes is 1. The zero-order valence-electron chi connectivity index (χ0n) is 27.8. The molecule has 0 unspecified atom stereocenters. The third-order valence-electron chi connectivity index (χ3n) is 7.57. The van der Waals surface area contributed by atoms with Crippen molar-refractivity contribution in [2.24, 2.45) is 0 Å². The first-order valence-corrected chi connectivity index (χ1v) is 16.1. The van der Waals surface area contributed by atoms with E-state index in [0.29, 0.717) is 0 Å². The minimum Gasteiger partial charge on any atom is -0.494 e. The summed E-state index contributed by atoms with van der Waals surface area (Å²) in [7, 11) is 0. The lowest BCUT2D eigenvalue weighted by Gasteiger charge is -2.34. The number of ether oxygens (including phenoxy) is 2. The third-order valence-corrected chi connectivity index (χ3v) is 7.57. The van der Waals surface area contributed by atoms with Gasteiger partial charge in [0.15, 0.2) is 0 Å². The summed E-state index contributed by atoms with van der Waals surface area (Å²) in [4.78, 5) is 14.0. The highest BCUT2D eigenvalue weighted by Crippen LogP contribution is 2.30. The van der Waals surface area contributed by atoms with E-state index in [0.717, 1.165) is 83.0 Å². The molecule has 5 rings (SSSR count). The lowest BCUT2D eigenvalue weighted by molar-refractivity contribution is -0.106. The summed E-state index contributed by atoms with van der Waals surface area (Å²) in [5.74, 6) is 1.97. The molecule has 4 aromatic rings. The van der Waals surface area contributed by atoms with Crippen molar-refractivity contribution in [2.45, 2.75) is 67.0 Å². The Kier molecular flexibility index (Phi) is 15.0. The summed E-state index contributed by atoms with van der Waals surface area (Å²) in [6.07, 6.45) is 5.45. The van der Waals surface area contributed by atoms with Gasteiger partial charge in [0.1, 0.15) is 17.8 Å². The molecule has 0 radical (unpaired) electrons. The van der Waals surface area contributed by atoms with Crippen molar-refractivity contribution in [2.75, 3.05) is 45.9 Å². The number of nitrogens with zero attached hydrogens (tertiary/aromatic N) is 3. The molecule has 6 nitrogen and oxygen atoms in total. The molecule has 0 aliphatic carbocycles. The average Bonchev–Trinajstić information content (AvgIpc) is 3.33. The molecule has 0 N–H and O–H groups in total. The van der Waals surface area contributed by atoms with E-state index in [1.807, 2.05) is 30.3 Å². The zero-order chi connectivity index (χ0) is 31.7. The average molecular weight is 600 g/mol. The molecule has 0 amide bonds. The fourth-order valence-electron chi connectivity index (χ4n) is 5.53. The number of para-hydroxylation sites is 2. The van der Waals surface area contributed by atoms with E-state index < -0.39 is 0 Å². The first-order chi connectivity index (χ1) is 21.3. The van der Waals surface area contributed by atoms with Gasteiger partial charge in [0, 0.05) is 50.9 Å². The van der Waals surface area contributed by atoms with Gasteiger partial charge in [-0.25, -0.2) is 0 Å². The Balaban J connectivity index is 0.000000408. The summed E-state index contributed by atoms with van der Waals surface area (Å²) in [5.41, 5.74) is 5.24. The molecule has 238 valence electrons. The molecule has 2 heterocycles. The maximum atomic E-state index is 8.81. The molecule has 1 aliphatic rings. The molecular weight excluding hydrogens is 546 g/mol. The van der Waals surface area contributed by atoms with Crippen molar-refractivity contribution in [3.05, 3.63) is 95.7 Å². The van der Waals surface area contributed by atoms with Crippen LogP contribution in [0.15, 0.2) is 79.0 Å². The van der Waals surface area contributed by atoms with E-state index in [-0.39, 0.29) is 6.10 Å². The number of carbonyl (C=O) groups excluding carboxylic acids is 1. The Morgan fingerprint density at radius 1 is 0.773 bits per heavy atom. The molecule has 44 heavy (non-hydrogen) atoms. The molecule has 3 aromatic carbocycles. The standard InChI is InChI=1S/C28H39N3O2.C8H10.C2H4O/c1-23(2)33-27-13-7-12-26-24(3)22-31(28(26)27)16-8-14-29-17-19-30(20-18-29)15-9-21-32-25-10-5-4-6-11-25;1-7-4-3-5-8(2)6-7;1-2-3/h4-7,10-13,22-23H,8-9,14-21H2,1-3H3;3-6H,1-2H3;2H,1H3. The lowest BCUT2D eigenvalue weighted by Crippen LogP contribution is -2.47. The second-order valence-corrected chi connectivity index (χ2v) is 11.8. The molecule has 1 aromatic heterocycles. The van der Waals surface area contributed by atoms with Crippen molar-refractivity contribution < 1.29 is 14.3 Å². The van der Waals surface area contributed by atoms with Crippen LogP contribution in [-0.4, -0.2) is 72.6 Å². The minimum absolute atomic E-state index is 0.181. The minimum atomic E-state index is 0.181. The van der Waals surface area contributed by atoms with Gasteiger partial charge < -0.3 is 28.6 Å². The predicted octanol–water partition coefficient (Wildman–Crippen LogP) is 7.72. The van der Waals surface area contributed by atoms with E-state index >= 15 is 0 Å². The van der Waals surface area contributed by atoms with Crippen LogP contribution in [0.4, 0.5) is 0 Å². The van der Waals surface area contributed by atoms with Gasteiger partial charge >= 0.3 is 0 Å². The van der Waals surface area contributed by atoms with Crippen molar-refractivity contribution in [1.29, 1.82) is 0 Å². The van der Waals surface area contributed by atoms with Crippen LogP contribution in [0.5, 0.6) is 11.5 Å². The van der Waals surface area contributed by atoms with Gasteiger partial charge in [0.2, 0.25) is 0 Å². The maximum absolute atomic E-state index is 8.81. The van der Waals surface area contributed by atoms with E-state index in [4.69, 9.17) is 14.3 Å². The van der Waals surface area contributed by atoms with Crippen LogP contribution < -0.4 is 9.47 Å². The van der Waals surface area contributed by atoms with Crippen molar-refractivity contribution >= 4 is 17.2 Å². The highest BCUT2D eigenvalue weighted by molar-refractivity contribution is 5.89. The van der Waals surface area contributed by atoms with Gasteiger partial charge in [0.05, 0.1) is 18.2 Å². The Labute approximate surface area is 265 Å².